The summed E-state index contributed by atoms with van der Waals surface area (Å²) in [5, 5.41) is 33.9. The van der Waals surface area contributed by atoms with E-state index in [4.69, 9.17) is 23.7 Å². The fourth-order valence-corrected chi connectivity index (χ4v) is 10.1. The number of cyclic esters (lactones) is 1. The molecule has 14 heteroatoms. The number of hydrogen-bond acceptors (Lipinski definition) is 13. The minimum absolute atomic E-state index is 0.0220. The van der Waals surface area contributed by atoms with E-state index in [9.17, 15) is 39.3 Å². The molecule has 366 valence electrons. The Morgan fingerprint density at radius 3 is 2.26 bits per heavy atom. The number of esters is 1. The molecule has 0 aromatic heterocycles. The second kappa shape index (κ2) is 25.1. The lowest BCUT2D eigenvalue weighted by Crippen LogP contribution is -2.61. The molecule has 1 saturated carbocycles. The van der Waals surface area contributed by atoms with Crippen molar-refractivity contribution < 1.29 is 63.0 Å². The Bertz CT molecular complexity index is 1760. The third-order valence-corrected chi connectivity index (χ3v) is 14.5. The van der Waals surface area contributed by atoms with E-state index in [0.717, 1.165) is 12.0 Å². The van der Waals surface area contributed by atoms with Gasteiger partial charge in [-0.3, -0.25) is 19.2 Å². The standard InChI is InChI=1S/C51H79NO13/c1-30-16-12-11-13-17-31(2)42(61-8)28-38-21-19-36(7)51(60,65-38)48(57)49(58)52-23-15-14-18-39(52)50(59)64-43(33(4)26-37-20-22-40(53)44(27-37)62-9)29-41(54)32(3)25-35(6)46(56)47(63-10)45(55)34(5)24-30/h11-13,16-17,25,30,33-40,42-44,46-47,53,56,60H,14-15,18-24,26-29H2,1-10H3/t30-,33-,34-,35?,36-,37?,38+,39+,40-,42+,43+,44-,46-,47+,51-/m1/s1. The van der Waals surface area contributed by atoms with Gasteiger partial charge >= 0.3 is 5.97 Å². The number of nitrogens with zero attached hydrogens (tertiary/aromatic N) is 1. The van der Waals surface area contributed by atoms with Crippen molar-refractivity contribution >= 4 is 29.2 Å². The molecule has 0 radical (unpaired) electrons. The van der Waals surface area contributed by atoms with Crippen LogP contribution < -0.4 is 0 Å². The summed E-state index contributed by atoms with van der Waals surface area (Å²) in [6.07, 6.45) is 11.2. The first-order chi connectivity index (χ1) is 30.7. The van der Waals surface area contributed by atoms with Gasteiger partial charge in [-0.05, 0) is 107 Å². The molecule has 4 aliphatic rings. The molecule has 15 atom stereocenters. The maximum Gasteiger partial charge on any atom is 0.329 e. The van der Waals surface area contributed by atoms with Gasteiger partial charge in [-0.2, -0.15) is 0 Å². The van der Waals surface area contributed by atoms with Crippen LogP contribution in [0.5, 0.6) is 0 Å². The van der Waals surface area contributed by atoms with Crippen LogP contribution in [0, 0.1) is 35.5 Å². The van der Waals surface area contributed by atoms with Gasteiger partial charge in [0.05, 0.1) is 30.5 Å². The second-order valence-corrected chi connectivity index (χ2v) is 19.6. The topological polar surface area (TPSA) is 195 Å². The number of amides is 1. The van der Waals surface area contributed by atoms with Crippen molar-refractivity contribution in [3.05, 3.63) is 47.6 Å². The summed E-state index contributed by atoms with van der Waals surface area (Å²) in [5.74, 6) is -7.93. The molecule has 0 spiro atoms. The van der Waals surface area contributed by atoms with Crippen molar-refractivity contribution in [3.63, 3.8) is 0 Å². The number of hydrogen-bond donors (Lipinski definition) is 3. The maximum absolute atomic E-state index is 14.4. The Kier molecular flexibility index (Phi) is 21.0. The molecule has 4 rings (SSSR count). The molecule has 0 aromatic carbocycles. The van der Waals surface area contributed by atoms with Crippen LogP contribution in [0.1, 0.15) is 126 Å². The zero-order valence-electron chi connectivity index (χ0n) is 40.6. The molecular weight excluding hydrogens is 835 g/mol. The number of carbonyl (C=O) groups excluding carboxylic acids is 5. The van der Waals surface area contributed by atoms with Crippen LogP contribution in [0.4, 0.5) is 0 Å². The molecule has 1 amide bonds. The largest absolute Gasteiger partial charge is 0.460 e. The number of aliphatic hydroxyl groups excluding tert-OH is 2. The van der Waals surface area contributed by atoms with Crippen LogP contribution in [-0.4, -0.2) is 132 Å². The van der Waals surface area contributed by atoms with Crippen LogP contribution in [0.2, 0.25) is 0 Å². The minimum Gasteiger partial charge on any atom is -0.460 e. The summed E-state index contributed by atoms with van der Waals surface area (Å²) in [5.41, 5.74) is 1.19. The average Bonchev–Trinajstić information content (AvgIpc) is 3.28. The van der Waals surface area contributed by atoms with Crippen molar-refractivity contribution in [2.24, 2.45) is 35.5 Å². The van der Waals surface area contributed by atoms with E-state index in [2.05, 4.69) is 0 Å². The quantitative estimate of drug-likeness (QED) is 0.202. The molecule has 0 aromatic rings. The molecule has 65 heavy (non-hydrogen) atoms. The maximum atomic E-state index is 14.4. The summed E-state index contributed by atoms with van der Waals surface area (Å²) >= 11 is 0. The van der Waals surface area contributed by atoms with Crippen LogP contribution in [0.3, 0.4) is 0 Å². The monoisotopic (exact) mass is 914 g/mol. The van der Waals surface area contributed by atoms with Gasteiger partial charge in [0.1, 0.15) is 18.2 Å². The molecule has 3 fully saturated rings. The van der Waals surface area contributed by atoms with Gasteiger partial charge in [0, 0.05) is 58.5 Å². The normalized spacial score (nSPS) is 37.8. The first-order valence-electron chi connectivity index (χ1n) is 23.9. The van der Waals surface area contributed by atoms with Crippen LogP contribution in [0.25, 0.3) is 0 Å². The lowest BCUT2D eigenvalue weighted by Gasteiger charge is -2.42. The Balaban J connectivity index is 1.70. The Hall–Kier alpha value is -3.37. The first-order valence-corrected chi connectivity index (χ1v) is 23.9. The molecule has 14 nitrogen and oxygen atoms in total. The number of piperidine rings is 1. The van der Waals surface area contributed by atoms with Gasteiger partial charge < -0.3 is 43.9 Å². The molecule has 2 bridgehead atoms. The van der Waals surface area contributed by atoms with E-state index >= 15 is 0 Å². The second-order valence-electron chi connectivity index (χ2n) is 19.6. The average molecular weight is 914 g/mol. The number of ketones is 3. The van der Waals surface area contributed by atoms with Gasteiger partial charge in [-0.1, -0.05) is 71.1 Å². The van der Waals surface area contributed by atoms with Crippen LogP contribution in [0.15, 0.2) is 47.6 Å². The predicted octanol–water partition coefficient (Wildman–Crippen LogP) is 6.18. The first kappa shape index (κ1) is 54.2. The Labute approximate surface area is 387 Å². The lowest BCUT2D eigenvalue weighted by atomic mass is 9.78. The number of ether oxygens (including phenoxy) is 5. The Morgan fingerprint density at radius 1 is 0.862 bits per heavy atom. The van der Waals surface area contributed by atoms with E-state index in [1.807, 2.05) is 58.1 Å². The van der Waals surface area contributed by atoms with E-state index < -0.39 is 83.9 Å². The van der Waals surface area contributed by atoms with Gasteiger partial charge in [-0.15, -0.1) is 0 Å². The highest BCUT2D eigenvalue weighted by Crippen LogP contribution is 2.38. The summed E-state index contributed by atoms with van der Waals surface area (Å²) in [4.78, 5) is 71.7. The number of Topliss-reactive ketones (excluding diaryl/α,β-unsaturated/α-hetero) is 3. The molecule has 3 N–H and O–H groups in total. The SMILES string of the molecule is CO[C@H]1C[C@@H]2CC[C@@H](C)[C@@](O)(O2)C(=O)C(=O)N2CCCC[C@H]2C(=O)O[C@H]([C@H](C)CC2CC[C@@H](O)[C@H](OC)C2)CC(=O)C(C)=CC(C)[C@@H](O)[C@@H](OC)C(=O)[C@H](C)C[C@H](C)C=CC=CC=C1C. The number of allylic oxidation sites excluding steroid dienone is 6. The number of carbonyl (C=O) groups is 5. The predicted molar refractivity (Wildman–Crippen MR) is 245 cm³/mol. The van der Waals surface area contributed by atoms with Crippen molar-refractivity contribution in [3.8, 4) is 0 Å². The number of fused-ring (bicyclic) bond motifs is 3. The van der Waals surface area contributed by atoms with E-state index in [1.165, 1.54) is 12.0 Å². The molecule has 2 saturated heterocycles. The molecule has 3 aliphatic heterocycles. The molecule has 3 heterocycles. The fraction of sp³-hybridized carbons (Fsp3) is 0.745. The summed E-state index contributed by atoms with van der Waals surface area (Å²) in [6.45, 7) is 12.7. The van der Waals surface area contributed by atoms with Crippen molar-refractivity contribution in [2.45, 2.75) is 180 Å². The molecular formula is C51H79NO13. The van der Waals surface area contributed by atoms with Crippen molar-refractivity contribution in [1.82, 2.24) is 4.90 Å². The van der Waals surface area contributed by atoms with E-state index in [1.54, 1.807) is 41.1 Å². The fourth-order valence-electron chi connectivity index (χ4n) is 10.1. The summed E-state index contributed by atoms with van der Waals surface area (Å²) in [7, 11) is 4.53. The van der Waals surface area contributed by atoms with Crippen molar-refractivity contribution in [1.29, 1.82) is 0 Å². The van der Waals surface area contributed by atoms with Crippen LogP contribution >= 0.6 is 0 Å². The van der Waals surface area contributed by atoms with E-state index in [0.29, 0.717) is 63.4 Å². The van der Waals surface area contributed by atoms with Gasteiger partial charge in [0.15, 0.2) is 11.6 Å². The smallest absolute Gasteiger partial charge is 0.329 e. The number of aliphatic hydroxyl groups is 3. The number of methoxy groups -OCH3 is 3. The van der Waals surface area contributed by atoms with Crippen molar-refractivity contribution in [2.75, 3.05) is 27.9 Å². The van der Waals surface area contributed by atoms with Gasteiger partial charge in [0.25, 0.3) is 11.7 Å². The summed E-state index contributed by atoms with van der Waals surface area (Å²) < 4.78 is 29.4. The zero-order chi connectivity index (χ0) is 48.2. The lowest BCUT2D eigenvalue weighted by molar-refractivity contribution is -0.265. The van der Waals surface area contributed by atoms with Crippen LogP contribution in [-0.2, 0) is 47.7 Å². The van der Waals surface area contributed by atoms with E-state index in [-0.39, 0.29) is 54.8 Å². The Morgan fingerprint density at radius 2 is 1.58 bits per heavy atom. The minimum atomic E-state index is -2.43. The highest BCUT2D eigenvalue weighted by molar-refractivity contribution is 6.39. The van der Waals surface area contributed by atoms with Gasteiger partial charge in [0.2, 0.25) is 5.79 Å². The third-order valence-electron chi connectivity index (χ3n) is 14.5. The zero-order valence-corrected chi connectivity index (χ0v) is 40.6. The summed E-state index contributed by atoms with van der Waals surface area (Å²) in [6, 6.07) is -1.14. The van der Waals surface area contributed by atoms with Gasteiger partial charge in [-0.25, -0.2) is 4.79 Å². The molecule has 1 aliphatic carbocycles. The highest BCUT2D eigenvalue weighted by Gasteiger charge is 2.53. The third kappa shape index (κ3) is 14.3. The highest BCUT2D eigenvalue weighted by atomic mass is 16.6. The molecule has 2 unspecified atom stereocenters. The number of rotatable bonds is 6.